The van der Waals surface area contributed by atoms with E-state index < -0.39 is 0 Å². The molecule has 0 aliphatic carbocycles. The largest absolute Gasteiger partial charge is 0.337 e. The molecule has 10 heavy (non-hydrogen) atoms. The summed E-state index contributed by atoms with van der Waals surface area (Å²) in [6.07, 6.45) is 0. The molecule has 1 heterocycles. The van der Waals surface area contributed by atoms with Gasteiger partial charge in [-0.05, 0) is 0 Å². The first-order valence-electron chi connectivity index (χ1n) is 3.19. The highest BCUT2D eigenvalue weighted by molar-refractivity contribution is 5.24. The van der Waals surface area contributed by atoms with E-state index in [4.69, 9.17) is 5.73 Å². The highest BCUT2D eigenvalue weighted by Crippen LogP contribution is 2.22. The molecule has 0 bridgehead atoms. The van der Waals surface area contributed by atoms with Gasteiger partial charge in [0, 0.05) is 11.5 Å². The van der Waals surface area contributed by atoms with E-state index in [1.807, 2.05) is 20.8 Å². The molecule has 1 radical (unpaired) electrons. The molecule has 0 spiro atoms. The van der Waals surface area contributed by atoms with Gasteiger partial charge in [0.05, 0.1) is 5.69 Å². The molecular formula is C7H11N2O. The Morgan fingerprint density at radius 3 is 2.30 bits per heavy atom. The van der Waals surface area contributed by atoms with Crippen LogP contribution in [0.3, 0.4) is 0 Å². The van der Waals surface area contributed by atoms with Crippen LogP contribution >= 0.6 is 0 Å². The van der Waals surface area contributed by atoms with Crippen LogP contribution in [-0.4, -0.2) is 5.16 Å². The second-order valence-electron chi connectivity index (χ2n) is 3.33. The first-order valence-corrected chi connectivity index (χ1v) is 3.19. The first-order chi connectivity index (χ1) is 4.50. The normalized spacial score (nSPS) is 11.9. The number of rotatable bonds is 0. The smallest absolute Gasteiger partial charge is 0.243 e. The van der Waals surface area contributed by atoms with Gasteiger partial charge in [0.25, 0.3) is 0 Å². The van der Waals surface area contributed by atoms with E-state index in [1.165, 1.54) is 0 Å². The lowest BCUT2D eigenvalue weighted by Gasteiger charge is -2.12. The Kier molecular flexibility index (Phi) is 1.43. The quantitative estimate of drug-likeness (QED) is 0.551. The van der Waals surface area contributed by atoms with Gasteiger partial charge in [-0.15, -0.1) is 0 Å². The van der Waals surface area contributed by atoms with Gasteiger partial charge in [-0.2, -0.15) is 0 Å². The van der Waals surface area contributed by atoms with Crippen molar-refractivity contribution in [3.05, 3.63) is 11.8 Å². The lowest BCUT2D eigenvalue weighted by atomic mass is 9.92. The van der Waals surface area contributed by atoms with Crippen LogP contribution in [0, 0.1) is 0 Å². The van der Waals surface area contributed by atoms with Crippen LogP contribution in [-0.2, 0) is 5.41 Å². The van der Waals surface area contributed by atoms with Crippen molar-refractivity contribution in [3.63, 3.8) is 0 Å². The van der Waals surface area contributed by atoms with E-state index in [2.05, 4.69) is 9.68 Å². The fourth-order valence-electron chi connectivity index (χ4n) is 0.629. The van der Waals surface area contributed by atoms with Gasteiger partial charge in [0.15, 0.2) is 0 Å². The maximum atomic E-state index is 7.07. The van der Waals surface area contributed by atoms with Crippen LogP contribution in [0.15, 0.2) is 10.6 Å². The van der Waals surface area contributed by atoms with Gasteiger partial charge < -0.3 is 4.52 Å². The Balaban J connectivity index is 2.96. The van der Waals surface area contributed by atoms with Crippen molar-refractivity contribution in [2.24, 2.45) is 0 Å². The van der Waals surface area contributed by atoms with Crippen molar-refractivity contribution in [3.8, 4) is 0 Å². The summed E-state index contributed by atoms with van der Waals surface area (Å²) < 4.78 is 4.61. The summed E-state index contributed by atoms with van der Waals surface area (Å²) >= 11 is 0. The van der Waals surface area contributed by atoms with Crippen LogP contribution in [0.2, 0.25) is 0 Å². The van der Waals surface area contributed by atoms with Gasteiger partial charge in [-0.1, -0.05) is 25.9 Å². The third kappa shape index (κ3) is 1.29. The maximum absolute atomic E-state index is 7.07. The fourth-order valence-corrected chi connectivity index (χ4v) is 0.629. The summed E-state index contributed by atoms with van der Waals surface area (Å²) in [5.41, 5.74) is 7.89. The third-order valence-corrected chi connectivity index (χ3v) is 1.28. The minimum atomic E-state index is -0.0111. The van der Waals surface area contributed by atoms with Crippen molar-refractivity contribution >= 4 is 5.88 Å². The van der Waals surface area contributed by atoms with E-state index >= 15 is 0 Å². The molecule has 1 aromatic heterocycles. The van der Waals surface area contributed by atoms with Crippen LogP contribution in [0.1, 0.15) is 26.5 Å². The summed E-state index contributed by atoms with van der Waals surface area (Å²) in [4.78, 5) is 0. The molecule has 3 heteroatoms. The number of hydrogen-bond donors (Lipinski definition) is 0. The van der Waals surface area contributed by atoms with Gasteiger partial charge in [-0.25, -0.2) is 0 Å². The Bertz CT molecular complexity index is 222. The van der Waals surface area contributed by atoms with Crippen LogP contribution < -0.4 is 5.73 Å². The number of hydrogen-bond acceptors (Lipinski definition) is 2. The van der Waals surface area contributed by atoms with Crippen molar-refractivity contribution in [2.45, 2.75) is 26.2 Å². The van der Waals surface area contributed by atoms with Gasteiger partial charge in [0.1, 0.15) is 0 Å². The molecule has 0 unspecified atom stereocenters. The molecule has 0 atom stereocenters. The molecule has 0 amide bonds. The zero-order valence-corrected chi connectivity index (χ0v) is 6.43. The minimum Gasteiger partial charge on any atom is -0.337 e. The Hall–Kier alpha value is -0.990. The van der Waals surface area contributed by atoms with Crippen molar-refractivity contribution in [1.29, 1.82) is 0 Å². The van der Waals surface area contributed by atoms with E-state index in [9.17, 15) is 0 Å². The third-order valence-electron chi connectivity index (χ3n) is 1.28. The Morgan fingerprint density at radius 1 is 1.50 bits per heavy atom. The zero-order valence-electron chi connectivity index (χ0n) is 6.43. The number of nitrogens with one attached hydrogen (secondary N) is 1. The highest BCUT2D eigenvalue weighted by Gasteiger charge is 2.17. The molecular weight excluding hydrogens is 128 g/mol. The predicted molar refractivity (Wildman–Crippen MR) is 38.0 cm³/mol. The number of nitrogens with zero attached hydrogens (tertiary/aromatic N) is 1. The average Bonchev–Trinajstić information content (AvgIpc) is 2.11. The second kappa shape index (κ2) is 2.01. The summed E-state index contributed by atoms with van der Waals surface area (Å²) in [6, 6.07) is 1.64. The monoisotopic (exact) mass is 139 g/mol. The molecule has 55 valence electrons. The highest BCUT2D eigenvalue weighted by atomic mass is 16.5. The summed E-state index contributed by atoms with van der Waals surface area (Å²) in [6.45, 7) is 6.10. The molecule has 0 saturated heterocycles. The number of aromatic nitrogens is 1. The molecule has 0 saturated carbocycles. The SMILES string of the molecule is CC(C)(C)c1cc([NH])on1. The standard InChI is InChI=1S/C7H11N2O/c1-7(2,3)5-4-6(8)10-9-5/h4,8H,1-3H3. The van der Waals surface area contributed by atoms with Crippen molar-refractivity contribution < 1.29 is 4.52 Å². The lowest BCUT2D eigenvalue weighted by molar-refractivity contribution is 0.399. The van der Waals surface area contributed by atoms with Crippen LogP contribution in [0.4, 0.5) is 5.88 Å². The van der Waals surface area contributed by atoms with Gasteiger partial charge in [0.2, 0.25) is 5.88 Å². The molecule has 0 fully saturated rings. The topological polar surface area (TPSA) is 49.8 Å². The van der Waals surface area contributed by atoms with E-state index in [-0.39, 0.29) is 11.3 Å². The molecule has 0 aromatic carbocycles. The molecule has 0 aliphatic rings. The molecule has 1 rings (SSSR count). The second-order valence-corrected chi connectivity index (χ2v) is 3.33. The average molecular weight is 139 g/mol. The van der Waals surface area contributed by atoms with Crippen LogP contribution in [0.25, 0.3) is 0 Å². The molecule has 1 aromatic rings. The molecule has 1 N–H and O–H groups in total. The Morgan fingerprint density at radius 2 is 2.10 bits per heavy atom. The summed E-state index contributed by atoms with van der Waals surface area (Å²) in [7, 11) is 0. The molecule has 3 nitrogen and oxygen atoms in total. The Labute approximate surface area is 60.2 Å². The zero-order chi connectivity index (χ0) is 7.78. The lowest BCUT2D eigenvalue weighted by Crippen LogP contribution is -2.10. The van der Waals surface area contributed by atoms with Crippen molar-refractivity contribution in [1.82, 2.24) is 10.9 Å². The summed E-state index contributed by atoms with van der Waals surface area (Å²) in [5, 5.41) is 3.72. The van der Waals surface area contributed by atoms with E-state index in [0.29, 0.717) is 0 Å². The van der Waals surface area contributed by atoms with Gasteiger partial charge in [-0.3, -0.25) is 5.73 Å². The summed E-state index contributed by atoms with van der Waals surface area (Å²) in [5.74, 6) is 0.130. The van der Waals surface area contributed by atoms with Gasteiger partial charge >= 0.3 is 0 Å². The maximum Gasteiger partial charge on any atom is 0.243 e. The minimum absolute atomic E-state index is 0.0111. The van der Waals surface area contributed by atoms with E-state index in [1.54, 1.807) is 6.07 Å². The first kappa shape index (κ1) is 7.12. The van der Waals surface area contributed by atoms with Crippen LogP contribution in [0.5, 0.6) is 0 Å². The molecule has 0 aliphatic heterocycles. The fraction of sp³-hybridized carbons (Fsp3) is 0.571. The van der Waals surface area contributed by atoms with Crippen molar-refractivity contribution in [2.75, 3.05) is 0 Å². The predicted octanol–water partition coefficient (Wildman–Crippen LogP) is 1.89. The van der Waals surface area contributed by atoms with E-state index in [0.717, 1.165) is 5.69 Å².